The molecule has 0 bridgehead atoms. The Hall–Kier alpha value is -2.19. The molecule has 5 nitrogen and oxygen atoms in total. The monoisotopic (exact) mass is 434 g/mol. The van der Waals surface area contributed by atoms with Crippen LogP contribution < -0.4 is 10.0 Å². The molecule has 1 unspecified atom stereocenters. The lowest BCUT2D eigenvalue weighted by Gasteiger charge is -2.19. The number of hydrogen-bond acceptors (Lipinski definition) is 4. The van der Waals surface area contributed by atoms with Crippen molar-refractivity contribution in [1.82, 2.24) is 4.72 Å². The van der Waals surface area contributed by atoms with E-state index < -0.39 is 22.0 Å². The maximum atomic E-state index is 13.0. The van der Waals surface area contributed by atoms with Gasteiger partial charge in [-0.15, -0.1) is 11.3 Å². The zero-order valence-corrected chi connectivity index (χ0v) is 17.4. The van der Waals surface area contributed by atoms with Gasteiger partial charge < -0.3 is 5.32 Å². The predicted molar refractivity (Wildman–Crippen MR) is 113 cm³/mol. The predicted octanol–water partition coefficient (Wildman–Crippen LogP) is 4.24. The van der Waals surface area contributed by atoms with Gasteiger partial charge in [0.1, 0.15) is 10.3 Å². The average molecular weight is 435 g/mol. The summed E-state index contributed by atoms with van der Waals surface area (Å²) < 4.78 is 28.0. The molecule has 0 aliphatic heterocycles. The zero-order chi connectivity index (χ0) is 20.1. The Bertz CT molecular complexity index is 1050. The van der Waals surface area contributed by atoms with Crippen molar-refractivity contribution in [3.05, 3.63) is 82.2 Å². The first kappa shape index (κ1) is 20.5. The second-order valence-corrected chi connectivity index (χ2v) is 9.49. The molecule has 0 radical (unpaired) electrons. The molecule has 0 saturated heterocycles. The van der Waals surface area contributed by atoms with E-state index in [0.29, 0.717) is 10.7 Å². The van der Waals surface area contributed by atoms with E-state index in [2.05, 4.69) is 10.0 Å². The highest BCUT2D eigenvalue weighted by Gasteiger charge is 2.27. The minimum absolute atomic E-state index is 0.164. The zero-order valence-electron chi connectivity index (χ0n) is 15.1. The lowest BCUT2D eigenvalue weighted by molar-refractivity contribution is -0.117. The van der Waals surface area contributed by atoms with Gasteiger partial charge in [-0.1, -0.05) is 54.1 Å². The van der Waals surface area contributed by atoms with Gasteiger partial charge in [-0.2, -0.15) is 4.72 Å². The van der Waals surface area contributed by atoms with Crippen LogP contribution in [0.4, 0.5) is 5.69 Å². The van der Waals surface area contributed by atoms with Crippen molar-refractivity contribution >= 4 is 44.6 Å². The minimum Gasteiger partial charge on any atom is -0.324 e. The Kier molecular flexibility index (Phi) is 6.51. The summed E-state index contributed by atoms with van der Waals surface area (Å²) in [6, 6.07) is 16.6. The Morgan fingerprint density at radius 3 is 2.50 bits per heavy atom. The van der Waals surface area contributed by atoms with Crippen molar-refractivity contribution in [3.63, 3.8) is 0 Å². The smallest absolute Gasteiger partial charge is 0.250 e. The van der Waals surface area contributed by atoms with Crippen LogP contribution in [0.1, 0.15) is 11.1 Å². The molecule has 2 N–H and O–H groups in total. The molecule has 1 heterocycles. The second kappa shape index (κ2) is 8.87. The standard InChI is InChI=1S/C20H19ClN2O3S2/c1-14-16(21)9-5-10-17(14)22-20(24)18(13-15-7-3-2-4-8-15)23-28(25,26)19-11-6-12-27-19/h2-12,18,23H,13H2,1H3,(H,22,24). The average Bonchev–Trinajstić information content (AvgIpc) is 3.21. The van der Waals surface area contributed by atoms with Crippen molar-refractivity contribution in [2.24, 2.45) is 0 Å². The maximum Gasteiger partial charge on any atom is 0.250 e. The number of thiophene rings is 1. The molecule has 2 aromatic carbocycles. The summed E-state index contributed by atoms with van der Waals surface area (Å²) in [7, 11) is -3.81. The molecule has 1 aromatic heterocycles. The summed E-state index contributed by atoms with van der Waals surface area (Å²) in [5, 5.41) is 4.99. The first-order valence-corrected chi connectivity index (χ1v) is 11.3. The molecule has 146 valence electrons. The van der Waals surface area contributed by atoms with E-state index in [1.54, 1.807) is 36.6 Å². The molecule has 3 aromatic rings. The van der Waals surface area contributed by atoms with Crippen LogP contribution in [-0.4, -0.2) is 20.4 Å². The SMILES string of the molecule is Cc1c(Cl)cccc1NC(=O)C(Cc1ccccc1)NS(=O)(=O)c1cccs1. The summed E-state index contributed by atoms with van der Waals surface area (Å²) in [6.45, 7) is 1.79. The van der Waals surface area contributed by atoms with Crippen molar-refractivity contribution in [1.29, 1.82) is 0 Å². The van der Waals surface area contributed by atoms with Crippen molar-refractivity contribution in [2.45, 2.75) is 23.6 Å². The van der Waals surface area contributed by atoms with Crippen molar-refractivity contribution in [3.8, 4) is 0 Å². The van der Waals surface area contributed by atoms with E-state index in [4.69, 9.17) is 11.6 Å². The van der Waals surface area contributed by atoms with E-state index in [1.165, 1.54) is 6.07 Å². The van der Waals surface area contributed by atoms with Crippen LogP contribution >= 0.6 is 22.9 Å². The molecule has 0 saturated carbocycles. The number of rotatable bonds is 7. The molecular formula is C20H19ClN2O3S2. The lowest BCUT2D eigenvalue weighted by atomic mass is 10.1. The van der Waals surface area contributed by atoms with Gasteiger partial charge in [-0.05, 0) is 48.1 Å². The van der Waals surface area contributed by atoms with Crippen LogP contribution in [0.25, 0.3) is 0 Å². The summed E-state index contributed by atoms with van der Waals surface area (Å²) in [6.07, 6.45) is 0.219. The van der Waals surface area contributed by atoms with E-state index in [9.17, 15) is 13.2 Å². The molecule has 1 atom stereocenters. The van der Waals surface area contributed by atoms with Crippen molar-refractivity contribution < 1.29 is 13.2 Å². The Morgan fingerprint density at radius 1 is 1.07 bits per heavy atom. The van der Waals surface area contributed by atoms with Gasteiger partial charge in [0.05, 0.1) is 0 Å². The van der Waals surface area contributed by atoms with Crippen LogP contribution in [0.15, 0.2) is 70.3 Å². The number of anilines is 1. The molecule has 3 rings (SSSR count). The van der Waals surface area contributed by atoms with Gasteiger partial charge in [0.25, 0.3) is 10.0 Å². The summed E-state index contributed by atoms with van der Waals surface area (Å²) in [4.78, 5) is 13.0. The highest BCUT2D eigenvalue weighted by Crippen LogP contribution is 2.23. The van der Waals surface area contributed by atoms with E-state index in [-0.39, 0.29) is 10.6 Å². The normalized spacial score (nSPS) is 12.5. The third-order valence-corrected chi connectivity index (χ3v) is 7.46. The number of hydrogen-bond donors (Lipinski definition) is 2. The Labute approximate surface area is 173 Å². The molecule has 0 aliphatic rings. The summed E-state index contributed by atoms with van der Waals surface area (Å²) >= 11 is 7.22. The second-order valence-electron chi connectivity index (χ2n) is 6.20. The number of carbonyl (C=O) groups is 1. The Balaban J connectivity index is 1.87. The van der Waals surface area contributed by atoms with Crippen LogP contribution in [-0.2, 0) is 21.2 Å². The van der Waals surface area contributed by atoms with Crippen LogP contribution in [0.5, 0.6) is 0 Å². The van der Waals surface area contributed by atoms with Crippen LogP contribution in [0, 0.1) is 6.92 Å². The maximum absolute atomic E-state index is 13.0. The van der Waals surface area contributed by atoms with Crippen molar-refractivity contribution in [2.75, 3.05) is 5.32 Å². The molecule has 0 fully saturated rings. The fraction of sp³-hybridized carbons (Fsp3) is 0.150. The number of carbonyl (C=O) groups excluding carboxylic acids is 1. The molecule has 0 spiro atoms. The fourth-order valence-electron chi connectivity index (χ4n) is 2.66. The van der Waals surface area contributed by atoms with Crippen LogP contribution in [0.3, 0.4) is 0 Å². The fourth-order valence-corrected chi connectivity index (χ4v) is 5.04. The first-order valence-electron chi connectivity index (χ1n) is 8.52. The molecule has 0 aliphatic carbocycles. The number of amides is 1. The highest BCUT2D eigenvalue weighted by atomic mass is 35.5. The first-order chi connectivity index (χ1) is 13.4. The van der Waals surface area contributed by atoms with Gasteiger partial charge in [0.2, 0.25) is 5.91 Å². The van der Waals surface area contributed by atoms with E-state index in [1.807, 2.05) is 30.3 Å². The number of benzene rings is 2. The van der Waals surface area contributed by atoms with Gasteiger partial charge in [-0.3, -0.25) is 4.79 Å². The lowest BCUT2D eigenvalue weighted by Crippen LogP contribution is -2.45. The topological polar surface area (TPSA) is 75.3 Å². The van der Waals surface area contributed by atoms with Gasteiger partial charge in [0, 0.05) is 10.7 Å². The van der Waals surface area contributed by atoms with E-state index in [0.717, 1.165) is 22.5 Å². The van der Waals surface area contributed by atoms with Gasteiger partial charge >= 0.3 is 0 Å². The molecule has 28 heavy (non-hydrogen) atoms. The highest BCUT2D eigenvalue weighted by molar-refractivity contribution is 7.91. The number of sulfonamides is 1. The summed E-state index contributed by atoms with van der Waals surface area (Å²) in [5.74, 6) is -0.450. The molecular weight excluding hydrogens is 416 g/mol. The van der Waals surface area contributed by atoms with Gasteiger partial charge in [0.15, 0.2) is 0 Å². The van der Waals surface area contributed by atoms with Gasteiger partial charge in [-0.25, -0.2) is 8.42 Å². The number of nitrogens with one attached hydrogen (secondary N) is 2. The van der Waals surface area contributed by atoms with Crippen LogP contribution in [0.2, 0.25) is 5.02 Å². The third-order valence-electron chi connectivity index (χ3n) is 4.18. The number of halogens is 1. The molecule has 8 heteroatoms. The summed E-state index contributed by atoms with van der Waals surface area (Å²) in [5.41, 5.74) is 2.11. The third kappa shape index (κ3) is 4.99. The van der Waals surface area contributed by atoms with E-state index >= 15 is 0 Å². The largest absolute Gasteiger partial charge is 0.324 e. The quantitative estimate of drug-likeness (QED) is 0.584. The Morgan fingerprint density at radius 2 is 1.82 bits per heavy atom. The molecule has 1 amide bonds. The minimum atomic E-state index is -3.81.